The number of nitrogens with two attached hydrogens (primary N) is 1. The summed E-state index contributed by atoms with van der Waals surface area (Å²) < 4.78 is 29.3. The van der Waals surface area contributed by atoms with E-state index in [1.54, 1.807) is 0 Å². The number of anilines is 3. The minimum absolute atomic E-state index is 0.00247. The standard InChI is InChI=1S/C25H22ClN3O6S/c1-35-25(32)18-17(13-12-16(26)24(18)36(27,33)34)28-20-21(23(31)22(20)30)29-19(14-8-4-2-5-9-14)15-10-6-3-7-11-15/h2-13,19,25,28-29,32H,1H3,(H2,27,33,34). The van der Waals surface area contributed by atoms with Gasteiger partial charge in [-0.25, -0.2) is 13.6 Å². The van der Waals surface area contributed by atoms with Crippen molar-refractivity contribution in [2.75, 3.05) is 17.7 Å². The number of rotatable bonds is 9. The number of aliphatic hydroxyl groups excluding tert-OH is 1. The van der Waals surface area contributed by atoms with Gasteiger partial charge in [0.2, 0.25) is 10.0 Å². The van der Waals surface area contributed by atoms with E-state index in [1.165, 1.54) is 12.1 Å². The minimum Gasteiger partial charge on any atom is -0.369 e. The molecule has 0 radical (unpaired) electrons. The first-order valence-electron chi connectivity index (χ1n) is 10.7. The zero-order valence-corrected chi connectivity index (χ0v) is 20.5. The average Bonchev–Trinajstić information content (AvgIpc) is 2.88. The molecule has 0 aromatic heterocycles. The lowest BCUT2D eigenvalue weighted by atomic mass is 9.97. The SMILES string of the molecule is COC(O)c1c(Nc2c(NC(c3ccccc3)c3ccccc3)c(=O)c2=O)ccc(Cl)c1S(N)(=O)=O. The Kier molecular flexibility index (Phi) is 7.25. The molecule has 0 bridgehead atoms. The van der Waals surface area contributed by atoms with Gasteiger partial charge in [-0.3, -0.25) is 9.59 Å². The maximum Gasteiger partial charge on any atom is 0.253 e. The quantitative estimate of drug-likeness (QED) is 0.192. The van der Waals surface area contributed by atoms with E-state index in [0.29, 0.717) is 0 Å². The Labute approximate surface area is 211 Å². The van der Waals surface area contributed by atoms with E-state index in [9.17, 15) is 23.1 Å². The average molecular weight is 528 g/mol. The van der Waals surface area contributed by atoms with Crippen LogP contribution in [0, 0.1) is 0 Å². The lowest BCUT2D eigenvalue weighted by molar-refractivity contribution is -0.0782. The van der Waals surface area contributed by atoms with Gasteiger partial charge < -0.3 is 20.5 Å². The number of sulfonamides is 1. The molecule has 4 rings (SSSR count). The highest BCUT2D eigenvalue weighted by Gasteiger charge is 2.30. The highest BCUT2D eigenvalue weighted by molar-refractivity contribution is 7.89. The van der Waals surface area contributed by atoms with Crippen LogP contribution < -0.4 is 26.6 Å². The van der Waals surface area contributed by atoms with Gasteiger partial charge in [0.15, 0.2) is 6.29 Å². The van der Waals surface area contributed by atoms with Gasteiger partial charge >= 0.3 is 0 Å². The summed E-state index contributed by atoms with van der Waals surface area (Å²) >= 11 is 6.06. The molecule has 0 saturated carbocycles. The lowest BCUT2D eigenvalue weighted by Gasteiger charge is -2.25. The number of benzene rings is 3. The molecule has 5 N–H and O–H groups in total. The topological polar surface area (TPSA) is 148 Å². The number of ether oxygens (including phenoxy) is 1. The maximum absolute atomic E-state index is 12.6. The Bertz CT molecular complexity index is 1530. The fourth-order valence-corrected chi connectivity index (χ4v) is 5.26. The van der Waals surface area contributed by atoms with Crippen molar-refractivity contribution < 1.29 is 18.3 Å². The van der Waals surface area contributed by atoms with E-state index in [4.69, 9.17) is 21.5 Å². The summed E-state index contributed by atoms with van der Waals surface area (Å²) in [5.74, 6) is 0. The van der Waals surface area contributed by atoms with E-state index < -0.39 is 38.1 Å². The van der Waals surface area contributed by atoms with Crippen LogP contribution in [-0.4, -0.2) is 20.6 Å². The molecule has 0 spiro atoms. The van der Waals surface area contributed by atoms with Gasteiger partial charge in [-0.05, 0) is 23.3 Å². The van der Waals surface area contributed by atoms with E-state index >= 15 is 0 Å². The first-order chi connectivity index (χ1) is 17.1. The Hall–Kier alpha value is -3.54. The zero-order valence-electron chi connectivity index (χ0n) is 18.9. The van der Waals surface area contributed by atoms with E-state index in [1.807, 2.05) is 60.7 Å². The molecule has 1 atom stereocenters. The molecule has 1 unspecified atom stereocenters. The third-order valence-electron chi connectivity index (χ3n) is 5.63. The van der Waals surface area contributed by atoms with Gasteiger partial charge in [0.25, 0.3) is 10.9 Å². The predicted molar refractivity (Wildman–Crippen MR) is 138 cm³/mol. The molecule has 0 saturated heterocycles. The van der Waals surface area contributed by atoms with Gasteiger partial charge in [0.05, 0.1) is 16.6 Å². The van der Waals surface area contributed by atoms with E-state index in [2.05, 4.69) is 10.6 Å². The summed E-state index contributed by atoms with van der Waals surface area (Å²) in [7, 11) is -3.24. The molecule has 9 nitrogen and oxygen atoms in total. The van der Waals surface area contributed by atoms with Crippen LogP contribution in [0.1, 0.15) is 29.0 Å². The molecule has 0 amide bonds. The fourth-order valence-electron chi connectivity index (χ4n) is 3.91. The van der Waals surface area contributed by atoms with Gasteiger partial charge in [-0.2, -0.15) is 0 Å². The number of methoxy groups -OCH3 is 1. The summed E-state index contributed by atoms with van der Waals surface area (Å²) in [6.45, 7) is 0. The van der Waals surface area contributed by atoms with Crippen LogP contribution in [0.15, 0.2) is 87.3 Å². The van der Waals surface area contributed by atoms with Crippen LogP contribution in [0.2, 0.25) is 5.02 Å². The summed E-state index contributed by atoms with van der Waals surface area (Å²) in [6, 6.07) is 20.8. The molecule has 0 aliphatic rings. The highest BCUT2D eigenvalue weighted by atomic mass is 35.5. The van der Waals surface area contributed by atoms with Crippen LogP contribution in [0.5, 0.6) is 0 Å². The molecule has 4 aromatic carbocycles. The Morgan fingerprint density at radius 2 is 1.42 bits per heavy atom. The summed E-state index contributed by atoms with van der Waals surface area (Å²) in [5.41, 5.74) is -0.293. The normalized spacial score (nSPS) is 12.6. The van der Waals surface area contributed by atoms with Crippen molar-refractivity contribution in [3.8, 4) is 0 Å². The van der Waals surface area contributed by atoms with Crippen molar-refractivity contribution in [3.63, 3.8) is 0 Å². The zero-order chi connectivity index (χ0) is 26.0. The summed E-state index contributed by atoms with van der Waals surface area (Å²) in [4.78, 5) is 24.6. The lowest BCUT2D eigenvalue weighted by Crippen LogP contribution is -2.37. The Morgan fingerprint density at radius 1 is 0.889 bits per heavy atom. The third-order valence-corrected chi connectivity index (χ3v) is 7.06. The van der Waals surface area contributed by atoms with Gasteiger partial charge in [0.1, 0.15) is 16.3 Å². The first-order valence-corrected chi connectivity index (χ1v) is 12.6. The minimum atomic E-state index is -4.39. The molecule has 0 aliphatic heterocycles. The second-order valence-electron chi connectivity index (χ2n) is 7.90. The summed E-state index contributed by atoms with van der Waals surface area (Å²) in [5, 5.41) is 21.4. The predicted octanol–water partition coefficient (Wildman–Crippen LogP) is 3.17. The van der Waals surface area contributed by atoms with Crippen LogP contribution >= 0.6 is 11.6 Å². The number of hydrogen-bond donors (Lipinski definition) is 4. The van der Waals surface area contributed by atoms with Crippen molar-refractivity contribution in [3.05, 3.63) is 115 Å². The number of hydrogen-bond acceptors (Lipinski definition) is 8. The van der Waals surface area contributed by atoms with Crippen molar-refractivity contribution in [1.82, 2.24) is 0 Å². The number of aliphatic hydroxyl groups is 1. The fraction of sp³-hybridized carbons (Fsp3) is 0.120. The molecule has 0 heterocycles. The van der Waals surface area contributed by atoms with Crippen molar-refractivity contribution >= 4 is 38.7 Å². The second kappa shape index (κ2) is 10.2. The molecule has 0 aliphatic carbocycles. The first kappa shape index (κ1) is 25.5. The molecular formula is C25H22ClN3O6S. The molecule has 11 heteroatoms. The number of primary sulfonamides is 1. The molecule has 4 aromatic rings. The molecule has 36 heavy (non-hydrogen) atoms. The molecular weight excluding hydrogens is 506 g/mol. The largest absolute Gasteiger partial charge is 0.369 e. The number of halogens is 1. The Balaban J connectivity index is 1.79. The Morgan fingerprint density at radius 3 is 1.92 bits per heavy atom. The third kappa shape index (κ3) is 4.90. The van der Waals surface area contributed by atoms with E-state index in [0.717, 1.165) is 18.2 Å². The van der Waals surface area contributed by atoms with Gasteiger partial charge in [0, 0.05) is 12.8 Å². The van der Waals surface area contributed by atoms with Crippen molar-refractivity contribution in [1.29, 1.82) is 0 Å². The monoisotopic (exact) mass is 527 g/mol. The van der Waals surface area contributed by atoms with Crippen LogP contribution in [0.3, 0.4) is 0 Å². The van der Waals surface area contributed by atoms with Crippen LogP contribution in [0.25, 0.3) is 0 Å². The highest BCUT2D eigenvalue weighted by Crippen LogP contribution is 2.37. The van der Waals surface area contributed by atoms with Crippen molar-refractivity contribution in [2.24, 2.45) is 5.14 Å². The van der Waals surface area contributed by atoms with Crippen molar-refractivity contribution in [2.45, 2.75) is 17.2 Å². The van der Waals surface area contributed by atoms with Gasteiger partial charge in [-0.15, -0.1) is 0 Å². The maximum atomic E-state index is 12.6. The molecule has 0 fully saturated rings. The van der Waals surface area contributed by atoms with Crippen LogP contribution in [0.4, 0.5) is 17.1 Å². The summed E-state index contributed by atoms with van der Waals surface area (Å²) in [6.07, 6.45) is -1.75. The van der Waals surface area contributed by atoms with Gasteiger partial charge in [-0.1, -0.05) is 72.3 Å². The second-order valence-corrected chi connectivity index (χ2v) is 9.81. The smallest absolute Gasteiger partial charge is 0.253 e. The van der Waals surface area contributed by atoms with E-state index in [-0.39, 0.29) is 27.6 Å². The number of nitrogens with one attached hydrogen (secondary N) is 2. The van der Waals surface area contributed by atoms with Crippen LogP contribution in [-0.2, 0) is 14.8 Å². The molecule has 186 valence electrons.